The lowest BCUT2D eigenvalue weighted by atomic mass is 10.0. The zero-order chi connectivity index (χ0) is 15.7. The van der Waals surface area contributed by atoms with Crippen molar-refractivity contribution in [2.45, 2.75) is 33.4 Å². The topological polar surface area (TPSA) is 44.1 Å². The molecule has 4 heteroatoms. The molecule has 114 valence electrons. The van der Waals surface area contributed by atoms with E-state index in [4.69, 9.17) is 4.74 Å². The van der Waals surface area contributed by atoms with E-state index in [1.165, 1.54) is 0 Å². The van der Waals surface area contributed by atoms with Gasteiger partial charge in [-0.3, -0.25) is 9.78 Å². The van der Waals surface area contributed by atoms with E-state index in [-0.39, 0.29) is 11.7 Å². The summed E-state index contributed by atoms with van der Waals surface area (Å²) in [4.78, 5) is 16.7. The normalized spacial score (nSPS) is 16.5. The molecule has 0 saturated carbocycles. The standard InChI is InChI=1S/C18H20N2O2/c1-12(2)16-5-4-15-17(22-16)10-13(3)20(18(15)21)11-14-6-8-19-9-7-14/h4-10,12,16H,11H2,1-3H3/t16-/m0/s1. The summed E-state index contributed by atoms with van der Waals surface area (Å²) >= 11 is 0. The van der Waals surface area contributed by atoms with Crippen LogP contribution in [0.5, 0.6) is 5.75 Å². The molecule has 0 fully saturated rings. The van der Waals surface area contributed by atoms with Gasteiger partial charge in [-0.1, -0.05) is 13.8 Å². The average molecular weight is 296 g/mol. The van der Waals surface area contributed by atoms with E-state index in [0.717, 1.165) is 11.3 Å². The SMILES string of the molecule is Cc1cc2c(c(=O)n1Cc1ccncc1)C=C[C@@H](C(C)C)O2. The number of rotatable bonds is 3. The number of ether oxygens (including phenoxy) is 1. The van der Waals surface area contributed by atoms with Gasteiger partial charge in [0.2, 0.25) is 0 Å². The number of hydrogen-bond acceptors (Lipinski definition) is 3. The molecule has 4 nitrogen and oxygen atoms in total. The van der Waals surface area contributed by atoms with Gasteiger partial charge in [0.05, 0.1) is 12.1 Å². The second kappa shape index (κ2) is 5.79. The molecule has 0 unspecified atom stereocenters. The van der Waals surface area contributed by atoms with E-state index < -0.39 is 0 Å². The van der Waals surface area contributed by atoms with Gasteiger partial charge in [-0.2, -0.15) is 0 Å². The van der Waals surface area contributed by atoms with Crippen LogP contribution in [0.15, 0.2) is 41.5 Å². The van der Waals surface area contributed by atoms with E-state index in [1.54, 1.807) is 17.0 Å². The molecule has 0 N–H and O–H groups in total. The molecule has 0 spiro atoms. The van der Waals surface area contributed by atoms with Gasteiger partial charge < -0.3 is 9.30 Å². The lowest BCUT2D eigenvalue weighted by Gasteiger charge is -2.25. The molecule has 2 aromatic heterocycles. The van der Waals surface area contributed by atoms with Crippen molar-refractivity contribution in [2.75, 3.05) is 0 Å². The molecule has 1 aliphatic heterocycles. The van der Waals surface area contributed by atoms with E-state index in [2.05, 4.69) is 18.8 Å². The van der Waals surface area contributed by atoms with Crippen molar-refractivity contribution in [2.24, 2.45) is 5.92 Å². The zero-order valence-electron chi connectivity index (χ0n) is 13.1. The number of aryl methyl sites for hydroxylation is 1. The highest BCUT2D eigenvalue weighted by Gasteiger charge is 2.21. The lowest BCUT2D eigenvalue weighted by molar-refractivity contribution is 0.194. The zero-order valence-corrected chi connectivity index (χ0v) is 13.1. The van der Waals surface area contributed by atoms with Crippen LogP contribution in [0.25, 0.3) is 6.08 Å². The summed E-state index contributed by atoms with van der Waals surface area (Å²) in [6.45, 7) is 6.70. The Morgan fingerprint density at radius 3 is 2.73 bits per heavy atom. The minimum Gasteiger partial charge on any atom is -0.485 e. The fourth-order valence-corrected chi connectivity index (χ4v) is 2.61. The van der Waals surface area contributed by atoms with Crippen LogP contribution in [0, 0.1) is 12.8 Å². The largest absolute Gasteiger partial charge is 0.485 e. The number of pyridine rings is 2. The van der Waals surface area contributed by atoms with Crippen molar-refractivity contribution < 1.29 is 4.74 Å². The van der Waals surface area contributed by atoms with Crippen LogP contribution in [0.3, 0.4) is 0 Å². The monoisotopic (exact) mass is 296 g/mol. The summed E-state index contributed by atoms with van der Waals surface area (Å²) in [6.07, 6.45) is 7.38. The third-order valence-corrected chi connectivity index (χ3v) is 3.97. The predicted octanol–water partition coefficient (Wildman–Crippen LogP) is 3.03. The summed E-state index contributed by atoms with van der Waals surface area (Å²) in [5, 5.41) is 0. The van der Waals surface area contributed by atoms with E-state index >= 15 is 0 Å². The summed E-state index contributed by atoms with van der Waals surface area (Å²) in [6, 6.07) is 5.80. The molecular weight excluding hydrogens is 276 g/mol. The maximum absolute atomic E-state index is 12.7. The van der Waals surface area contributed by atoms with Gasteiger partial charge in [-0.15, -0.1) is 0 Å². The molecule has 1 aliphatic rings. The second-order valence-corrected chi connectivity index (χ2v) is 6.00. The fraction of sp³-hybridized carbons (Fsp3) is 0.333. The summed E-state index contributed by atoms with van der Waals surface area (Å²) in [7, 11) is 0. The van der Waals surface area contributed by atoms with Crippen LogP contribution >= 0.6 is 0 Å². The molecule has 0 bridgehead atoms. The van der Waals surface area contributed by atoms with Crippen LogP contribution in [0.1, 0.15) is 30.7 Å². The first kappa shape index (κ1) is 14.6. The maximum atomic E-state index is 12.7. The molecule has 0 saturated heterocycles. The Labute approximate surface area is 130 Å². The van der Waals surface area contributed by atoms with E-state index in [0.29, 0.717) is 23.8 Å². The van der Waals surface area contributed by atoms with Crippen LogP contribution in [-0.4, -0.2) is 15.7 Å². The van der Waals surface area contributed by atoms with Crippen LogP contribution in [0.2, 0.25) is 0 Å². The Hall–Kier alpha value is -2.36. The fourth-order valence-electron chi connectivity index (χ4n) is 2.61. The van der Waals surface area contributed by atoms with Gasteiger partial charge in [0, 0.05) is 24.2 Å². The minimum absolute atomic E-state index is 0.00901. The Morgan fingerprint density at radius 1 is 1.32 bits per heavy atom. The van der Waals surface area contributed by atoms with Crippen LogP contribution in [-0.2, 0) is 6.54 Å². The van der Waals surface area contributed by atoms with Crippen LogP contribution in [0.4, 0.5) is 0 Å². The highest BCUT2D eigenvalue weighted by Crippen LogP contribution is 2.27. The Balaban J connectivity index is 2.00. The lowest BCUT2D eigenvalue weighted by Crippen LogP contribution is -2.30. The minimum atomic E-state index is -0.00901. The van der Waals surface area contributed by atoms with Gasteiger partial charge in [0.15, 0.2) is 0 Å². The molecule has 0 aliphatic carbocycles. The van der Waals surface area contributed by atoms with Crippen LogP contribution < -0.4 is 10.3 Å². The molecular formula is C18H20N2O2. The predicted molar refractivity (Wildman–Crippen MR) is 87.1 cm³/mol. The summed E-state index contributed by atoms with van der Waals surface area (Å²) < 4.78 is 7.73. The summed E-state index contributed by atoms with van der Waals surface area (Å²) in [5.74, 6) is 1.07. The number of nitrogens with zero attached hydrogens (tertiary/aromatic N) is 2. The van der Waals surface area contributed by atoms with Gasteiger partial charge in [-0.05, 0) is 42.7 Å². The third kappa shape index (κ3) is 2.69. The summed E-state index contributed by atoms with van der Waals surface area (Å²) in [5.41, 5.74) is 2.58. The van der Waals surface area contributed by atoms with E-state index in [1.807, 2.05) is 37.3 Å². The van der Waals surface area contributed by atoms with E-state index in [9.17, 15) is 4.79 Å². The van der Waals surface area contributed by atoms with Crippen molar-refractivity contribution in [1.82, 2.24) is 9.55 Å². The highest BCUT2D eigenvalue weighted by molar-refractivity contribution is 5.59. The molecule has 0 amide bonds. The van der Waals surface area contributed by atoms with Crippen molar-refractivity contribution in [3.05, 3.63) is 63.8 Å². The Morgan fingerprint density at radius 2 is 2.05 bits per heavy atom. The maximum Gasteiger partial charge on any atom is 0.262 e. The number of aromatic nitrogens is 2. The van der Waals surface area contributed by atoms with Crippen molar-refractivity contribution in [3.8, 4) is 5.75 Å². The first-order valence-corrected chi connectivity index (χ1v) is 7.54. The van der Waals surface area contributed by atoms with Gasteiger partial charge in [0.25, 0.3) is 5.56 Å². The molecule has 0 aromatic carbocycles. The third-order valence-electron chi connectivity index (χ3n) is 3.97. The first-order chi connectivity index (χ1) is 10.6. The Bertz CT molecular complexity index is 761. The average Bonchev–Trinajstić information content (AvgIpc) is 2.52. The molecule has 3 rings (SSSR count). The van der Waals surface area contributed by atoms with Gasteiger partial charge >= 0.3 is 0 Å². The van der Waals surface area contributed by atoms with Crippen molar-refractivity contribution in [1.29, 1.82) is 0 Å². The smallest absolute Gasteiger partial charge is 0.262 e. The molecule has 0 radical (unpaired) electrons. The highest BCUT2D eigenvalue weighted by atomic mass is 16.5. The molecule has 22 heavy (non-hydrogen) atoms. The second-order valence-electron chi connectivity index (χ2n) is 6.00. The van der Waals surface area contributed by atoms with Crippen molar-refractivity contribution in [3.63, 3.8) is 0 Å². The van der Waals surface area contributed by atoms with Crippen molar-refractivity contribution >= 4 is 6.08 Å². The molecule has 2 aromatic rings. The quantitative estimate of drug-likeness (QED) is 0.874. The van der Waals surface area contributed by atoms with Gasteiger partial charge in [0.1, 0.15) is 11.9 Å². The Kier molecular flexibility index (Phi) is 3.84. The van der Waals surface area contributed by atoms with Gasteiger partial charge in [-0.25, -0.2) is 0 Å². The first-order valence-electron chi connectivity index (χ1n) is 7.54. The molecule has 1 atom stereocenters. The number of fused-ring (bicyclic) bond motifs is 1. The number of hydrogen-bond donors (Lipinski definition) is 0. The molecule has 3 heterocycles.